The molecule has 4 N–H and O–H groups in total. The number of hydrogen-bond acceptors (Lipinski definition) is 6. The number of halogens is 1. The zero-order chi connectivity index (χ0) is 24.3. The number of nitrogens with zero attached hydrogens (tertiary/aromatic N) is 1. The van der Waals surface area contributed by atoms with Gasteiger partial charge in [-0.05, 0) is 80.1 Å². The second kappa shape index (κ2) is 10.5. The topological polar surface area (TPSA) is 118 Å². The SMILES string of the molecule is CS(=O)(=O)O.Cc1cc([C@@H](O)[C@@H](C)N2CCC(O)(c3ccc(Cl)cc3)CC2)cc(C)c1O. The third-order valence-electron chi connectivity index (χ3n) is 5.89. The highest BCUT2D eigenvalue weighted by molar-refractivity contribution is 7.85. The number of likely N-dealkylation sites (tertiary alicyclic amines) is 1. The van der Waals surface area contributed by atoms with Crippen LogP contribution in [0, 0.1) is 13.8 Å². The average Bonchev–Trinajstić information content (AvgIpc) is 2.70. The molecule has 178 valence electrons. The maximum Gasteiger partial charge on any atom is 0.261 e. The van der Waals surface area contributed by atoms with Gasteiger partial charge >= 0.3 is 0 Å². The summed E-state index contributed by atoms with van der Waals surface area (Å²) in [5, 5.41) is 32.5. The smallest absolute Gasteiger partial charge is 0.261 e. The molecule has 32 heavy (non-hydrogen) atoms. The fourth-order valence-electron chi connectivity index (χ4n) is 3.99. The molecule has 2 atom stereocenters. The van der Waals surface area contributed by atoms with Crippen molar-refractivity contribution in [3.63, 3.8) is 0 Å². The lowest BCUT2D eigenvalue weighted by molar-refractivity contribution is -0.0501. The van der Waals surface area contributed by atoms with Gasteiger partial charge in [-0.1, -0.05) is 23.7 Å². The van der Waals surface area contributed by atoms with Crippen LogP contribution in [0.5, 0.6) is 5.75 Å². The van der Waals surface area contributed by atoms with Gasteiger partial charge in [0.2, 0.25) is 0 Å². The van der Waals surface area contributed by atoms with Gasteiger partial charge in [0.25, 0.3) is 10.1 Å². The predicted molar refractivity (Wildman–Crippen MR) is 126 cm³/mol. The molecule has 0 aromatic heterocycles. The molecule has 1 fully saturated rings. The minimum atomic E-state index is -3.67. The number of aliphatic hydroxyl groups is 2. The van der Waals surface area contributed by atoms with Gasteiger partial charge in [-0.25, -0.2) is 0 Å². The first-order chi connectivity index (χ1) is 14.7. The van der Waals surface area contributed by atoms with Crippen LogP contribution in [0.1, 0.15) is 48.1 Å². The third kappa shape index (κ3) is 7.16. The van der Waals surface area contributed by atoms with Crippen molar-refractivity contribution in [3.8, 4) is 5.75 Å². The number of aromatic hydroxyl groups is 1. The van der Waals surface area contributed by atoms with Crippen LogP contribution in [0.3, 0.4) is 0 Å². The molecule has 7 nitrogen and oxygen atoms in total. The maximum absolute atomic E-state index is 11.0. The summed E-state index contributed by atoms with van der Waals surface area (Å²) in [7, 11) is -3.67. The van der Waals surface area contributed by atoms with E-state index in [0.29, 0.717) is 37.2 Å². The first-order valence-electron chi connectivity index (χ1n) is 10.3. The molecule has 0 bridgehead atoms. The first kappa shape index (κ1) is 26.6. The first-order valence-corrected chi connectivity index (χ1v) is 12.6. The van der Waals surface area contributed by atoms with Gasteiger partial charge in [-0.2, -0.15) is 8.42 Å². The van der Waals surface area contributed by atoms with E-state index in [1.54, 1.807) is 0 Å². The van der Waals surface area contributed by atoms with E-state index >= 15 is 0 Å². The van der Waals surface area contributed by atoms with Crippen molar-refractivity contribution in [1.82, 2.24) is 4.90 Å². The molecule has 2 aromatic carbocycles. The van der Waals surface area contributed by atoms with Crippen LogP contribution in [0.4, 0.5) is 0 Å². The van der Waals surface area contributed by atoms with Gasteiger partial charge in [-0.15, -0.1) is 0 Å². The van der Waals surface area contributed by atoms with E-state index in [4.69, 9.17) is 16.2 Å². The Morgan fingerprint density at radius 3 is 1.94 bits per heavy atom. The van der Waals surface area contributed by atoms with Crippen molar-refractivity contribution in [3.05, 3.63) is 63.7 Å². The number of hydrogen-bond donors (Lipinski definition) is 4. The highest BCUT2D eigenvalue weighted by Crippen LogP contribution is 2.36. The van der Waals surface area contributed by atoms with Crippen molar-refractivity contribution in [2.24, 2.45) is 0 Å². The largest absolute Gasteiger partial charge is 0.507 e. The fraction of sp³-hybridized carbons (Fsp3) is 0.478. The molecule has 0 radical (unpaired) electrons. The summed E-state index contributed by atoms with van der Waals surface area (Å²) >= 11 is 5.95. The Morgan fingerprint density at radius 1 is 1.06 bits per heavy atom. The molecule has 0 saturated carbocycles. The number of piperidine rings is 1. The summed E-state index contributed by atoms with van der Waals surface area (Å²) < 4.78 is 25.9. The molecule has 1 saturated heterocycles. The molecule has 1 aliphatic heterocycles. The van der Waals surface area contributed by atoms with Crippen LogP contribution in [0.2, 0.25) is 5.02 Å². The second-order valence-corrected chi connectivity index (χ2v) is 10.4. The highest BCUT2D eigenvalue weighted by Gasteiger charge is 2.36. The Labute approximate surface area is 195 Å². The summed E-state index contributed by atoms with van der Waals surface area (Å²) in [6.45, 7) is 7.10. The Kier molecular flexibility index (Phi) is 8.72. The summed E-state index contributed by atoms with van der Waals surface area (Å²) in [4.78, 5) is 2.21. The van der Waals surface area contributed by atoms with E-state index in [-0.39, 0.29) is 11.8 Å². The lowest BCUT2D eigenvalue weighted by Crippen LogP contribution is -2.47. The molecule has 0 spiro atoms. The number of phenols is 1. The molecule has 2 aromatic rings. The molecule has 1 heterocycles. The second-order valence-electron chi connectivity index (χ2n) is 8.50. The van der Waals surface area contributed by atoms with Crippen molar-refractivity contribution < 1.29 is 28.3 Å². The molecular weight excluding hydrogens is 454 g/mol. The van der Waals surface area contributed by atoms with Crippen LogP contribution in [-0.2, 0) is 15.7 Å². The molecule has 0 aliphatic carbocycles. The van der Waals surface area contributed by atoms with Crippen LogP contribution in [0.25, 0.3) is 0 Å². The summed E-state index contributed by atoms with van der Waals surface area (Å²) in [6, 6.07) is 11.0. The van der Waals surface area contributed by atoms with Gasteiger partial charge in [-0.3, -0.25) is 9.45 Å². The molecule has 0 unspecified atom stereocenters. The molecular formula is C23H32ClNO6S. The van der Waals surface area contributed by atoms with Crippen molar-refractivity contribution in [2.45, 2.75) is 51.4 Å². The predicted octanol–water partition coefficient (Wildman–Crippen LogP) is 3.57. The van der Waals surface area contributed by atoms with Gasteiger partial charge < -0.3 is 15.3 Å². The van der Waals surface area contributed by atoms with Crippen LogP contribution in [0.15, 0.2) is 36.4 Å². The Bertz CT molecular complexity index is 986. The van der Waals surface area contributed by atoms with E-state index < -0.39 is 21.8 Å². The lowest BCUT2D eigenvalue weighted by atomic mass is 9.83. The molecule has 9 heteroatoms. The van der Waals surface area contributed by atoms with Crippen LogP contribution in [-0.4, -0.2) is 58.6 Å². The molecule has 3 rings (SSSR count). The maximum atomic E-state index is 11.0. The van der Waals surface area contributed by atoms with Gasteiger partial charge in [0.05, 0.1) is 18.0 Å². The zero-order valence-corrected chi connectivity index (χ0v) is 20.4. The minimum Gasteiger partial charge on any atom is -0.507 e. The zero-order valence-electron chi connectivity index (χ0n) is 18.8. The van der Waals surface area contributed by atoms with E-state index in [0.717, 1.165) is 22.3 Å². The van der Waals surface area contributed by atoms with Crippen LogP contribution < -0.4 is 0 Å². The van der Waals surface area contributed by atoms with Crippen molar-refractivity contribution in [1.29, 1.82) is 0 Å². The Hall–Kier alpha value is -1.68. The van der Waals surface area contributed by atoms with Crippen molar-refractivity contribution >= 4 is 21.7 Å². The van der Waals surface area contributed by atoms with Gasteiger partial charge in [0.15, 0.2) is 0 Å². The van der Waals surface area contributed by atoms with Gasteiger partial charge in [0.1, 0.15) is 5.75 Å². The monoisotopic (exact) mass is 485 g/mol. The average molecular weight is 486 g/mol. The number of aliphatic hydroxyl groups excluding tert-OH is 1. The summed E-state index contributed by atoms with van der Waals surface area (Å²) in [5.41, 5.74) is 2.40. The van der Waals surface area contributed by atoms with E-state index in [1.165, 1.54) is 0 Å². The van der Waals surface area contributed by atoms with Crippen LogP contribution >= 0.6 is 11.6 Å². The van der Waals surface area contributed by atoms with Crippen molar-refractivity contribution in [2.75, 3.05) is 19.3 Å². The number of aryl methyl sites for hydroxylation is 2. The summed E-state index contributed by atoms with van der Waals surface area (Å²) in [5.74, 6) is 0.282. The highest BCUT2D eigenvalue weighted by atomic mass is 35.5. The number of phenolic OH excluding ortho intramolecular Hbond substituents is 1. The fourth-order valence-corrected chi connectivity index (χ4v) is 4.11. The minimum absolute atomic E-state index is 0.0805. The number of rotatable bonds is 4. The lowest BCUT2D eigenvalue weighted by Gasteiger charge is -2.42. The Morgan fingerprint density at radius 2 is 1.50 bits per heavy atom. The quantitative estimate of drug-likeness (QED) is 0.489. The van der Waals surface area contributed by atoms with E-state index in [9.17, 15) is 23.7 Å². The number of benzene rings is 2. The van der Waals surface area contributed by atoms with E-state index in [1.807, 2.05) is 57.2 Å². The van der Waals surface area contributed by atoms with E-state index in [2.05, 4.69) is 4.90 Å². The third-order valence-corrected chi connectivity index (χ3v) is 6.15. The Balaban J connectivity index is 0.000000654. The summed E-state index contributed by atoms with van der Waals surface area (Å²) in [6.07, 6.45) is 1.29. The normalized spacial score (nSPS) is 18.4. The standard InChI is InChI=1S/C22H28ClNO3.CH4O3S/c1-14-12-17(13-15(2)20(14)25)21(26)16(3)24-10-8-22(27,9-11-24)18-4-6-19(23)7-5-18;1-5(2,3)4/h4-7,12-13,16,21,25-27H,8-11H2,1-3H3;1H3,(H,2,3,4)/t16-,21+;/m1./s1. The van der Waals surface area contributed by atoms with Gasteiger partial charge in [0, 0.05) is 24.2 Å². The molecule has 1 aliphatic rings. The molecule has 0 amide bonds.